The van der Waals surface area contributed by atoms with Crippen molar-refractivity contribution in [1.29, 1.82) is 0 Å². The minimum Gasteiger partial charge on any atom is -0.486 e. The second kappa shape index (κ2) is 7.46. The molecule has 6 heteroatoms. The van der Waals surface area contributed by atoms with Crippen LogP contribution in [-0.2, 0) is 6.18 Å². The van der Waals surface area contributed by atoms with Crippen molar-refractivity contribution >= 4 is 0 Å². The fourth-order valence-corrected chi connectivity index (χ4v) is 2.13. The highest BCUT2D eigenvalue weighted by Gasteiger charge is 2.30. The van der Waals surface area contributed by atoms with Gasteiger partial charge in [-0.25, -0.2) is 4.39 Å². The van der Waals surface area contributed by atoms with Crippen LogP contribution in [-0.4, -0.2) is 13.6 Å². The van der Waals surface area contributed by atoms with E-state index >= 15 is 0 Å². The molecule has 2 nitrogen and oxygen atoms in total. The molecule has 2 aromatic carbocycles. The zero-order chi connectivity index (χ0) is 16.9. The fourth-order valence-electron chi connectivity index (χ4n) is 2.13. The molecule has 0 spiro atoms. The monoisotopic (exact) mass is 327 g/mol. The average molecular weight is 327 g/mol. The lowest BCUT2D eigenvalue weighted by atomic mass is 10.1. The van der Waals surface area contributed by atoms with E-state index < -0.39 is 11.7 Å². The van der Waals surface area contributed by atoms with Gasteiger partial charge in [-0.2, -0.15) is 13.2 Å². The molecule has 0 heterocycles. The highest BCUT2D eigenvalue weighted by molar-refractivity contribution is 5.30. The van der Waals surface area contributed by atoms with Gasteiger partial charge in [-0.05, 0) is 55.6 Å². The number of hydrogen-bond donors (Lipinski definition) is 1. The maximum atomic E-state index is 13.0. The summed E-state index contributed by atoms with van der Waals surface area (Å²) < 4.78 is 56.5. The van der Waals surface area contributed by atoms with Gasteiger partial charge in [0.2, 0.25) is 0 Å². The maximum absolute atomic E-state index is 13.0. The van der Waals surface area contributed by atoms with Gasteiger partial charge in [0.15, 0.2) is 0 Å². The molecule has 0 bridgehead atoms. The van der Waals surface area contributed by atoms with E-state index in [9.17, 15) is 17.6 Å². The Bertz CT molecular complexity index is 608. The van der Waals surface area contributed by atoms with Crippen molar-refractivity contribution in [3.05, 3.63) is 65.5 Å². The van der Waals surface area contributed by atoms with E-state index in [0.29, 0.717) is 18.7 Å². The van der Waals surface area contributed by atoms with Crippen LogP contribution in [0.2, 0.25) is 0 Å². The van der Waals surface area contributed by atoms with Crippen LogP contribution in [0.1, 0.15) is 23.7 Å². The Kier molecular flexibility index (Phi) is 5.60. The second-order valence-corrected chi connectivity index (χ2v) is 5.07. The van der Waals surface area contributed by atoms with Gasteiger partial charge in [0.25, 0.3) is 0 Å². The summed E-state index contributed by atoms with van der Waals surface area (Å²) in [6.45, 7) is 0.655. The van der Waals surface area contributed by atoms with Crippen molar-refractivity contribution in [2.75, 3.05) is 13.6 Å². The van der Waals surface area contributed by atoms with Crippen LogP contribution >= 0.6 is 0 Å². The SMILES string of the molecule is CNCC[C@@H](Oc1ccc(C(F)(F)F)cc1)c1ccc(F)cc1. The summed E-state index contributed by atoms with van der Waals surface area (Å²) in [4.78, 5) is 0. The third kappa shape index (κ3) is 4.96. The zero-order valence-corrected chi connectivity index (χ0v) is 12.5. The van der Waals surface area contributed by atoms with Crippen molar-refractivity contribution in [2.45, 2.75) is 18.7 Å². The summed E-state index contributed by atoms with van der Waals surface area (Å²) in [5.41, 5.74) is 0.0416. The molecule has 2 aromatic rings. The van der Waals surface area contributed by atoms with E-state index in [1.54, 1.807) is 19.2 Å². The Balaban J connectivity index is 2.15. The number of halogens is 4. The van der Waals surface area contributed by atoms with Gasteiger partial charge in [-0.15, -0.1) is 0 Å². The Morgan fingerprint density at radius 3 is 2.13 bits per heavy atom. The standard InChI is InChI=1S/C17H17F4NO/c1-22-11-10-16(12-2-6-14(18)7-3-12)23-15-8-4-13(5-9-15)17(19,20)21/h2-9,16,22H,10-11H2,1H3/t16-/m1/s1. The smallest absolute Gasteiger partial charge is 0.416 e. The molecule has 0 aliphatic carbocycles. The predicted octanol–water partition coefficient (Wildman–Crippen LogP) is 4.57. The molecule has 0 aliphatic heterocycles. The largest absolute Gasteiger partial charge is 0.486 e. The van der Waals surface area contributed by atoms with Crippen molar-refractivity contribution in [2.24, 2.45) is 0 Å². The van der Waals surface area contributed by atoms with Crippen LogP contribution < -0.4 is 10.1 Å². The number of ether oxygens (including phenoxy) is 1. The van der Waals surface area contributed by atoms with E-state index in [-0.39, 0.29) is 11.9 Å². The molecular formula is C17H17F4NO. The maximum Gasteiger partial charge on any atom is 0.416 e. The molecule has 1 atom stereocenters. The Labute approximate surface area is 132 Å². The lowest BCUT2D eigenvalue weighted by Gasteiger charge is -2.20. The molecule has 0 amide bonds. The van der Waals surface area contributed by atoms with Gasteiger partial charge < -0.3 is 10.1 Å². The van der Waals surface area contributed by atoms with Crippen LogP contribution in [0.4, 0.5) is 17.6 Å². The van der Waals surface area contributed by atoms with Gasteiger partial charge in [0, 0.05) is 6.42 Å². The van der Waals surface area contributed by atoms with E-state index in [1.165, 1.54) is 24.3 Å². The van der Waals surface area contributed by atoms with Crippen molar-refractivity contribution in [1.82, 2.24) is 5.32 Å². The molecule has 23 heavy (non-hydrogen) atoms. The van der Waals surface area contributed by atoms with E-state index in [0.717, 1.165) is 17.7 Å². The predicted molar refractivity (Wildman–Crippen MR) is 79.8 cm³/mol. The zero-order valence-electron chi connectivity index (χ0n) is 12.5. The van der Waals surface area contributed by atoms with Gasteiger partial charge in [0.1, 0.15) is 17.7 Å². The summed E-state index contributed by atoms with van der Waals surface area (Å²) in [5.74, 6) is -0.0147. The number of alkyl halides is 3. The third-order valence-corrected chi connectivity index (χ3v) is 3.36. The highest BCUT2D eigenvalue weighted by atomic mass is 19.4. The molecule has 1 N–H and O–H groups in total. The van der Waals surface area contributed by atoms with Crippen molar-refractivity contribution < 1.29 is 22.3 Å². The molecule has 0 saturated heterocycles. The lowest BCUT2D eigenvalue weighted by molar-refractivity contribution is -0.137. The third-order valence-electron chi connectivity index (χ3n) is 3.36. The molecular weight excluding hydrogens is 310 g/mol. The topological polar surface area (TPSA) is 21.3 Å². The van der Waals surface area contributed by atoms with Crippen LogP contribution in [0.3, 0.4) is 0 Å². The normalized spacial score (nSPS) is 12.9. The minimum atomic E-state index is -4.37. The van der Waals surface area contributed by atoms with Crippen molar-refractivity contribution in [3.8, 4) is 5.75 Å². The lowest BCUT2D eigenvalue weighted by Crippen LogP contribution is -2.16. The van der Waals surface area contributed by atoms with E-state index in [1.807, 2.05) is 0 Å². The average Bonchev–Trinajstić information content (AvgIpc) is 2.52. The quantitative estimate of drug-likeness (QED) is 0.785. The second-order valence-electron chi connectivity index (χ2n) is 5.07. The number of hydrogen-bond acceptors (Lipinski definition) is 2. The van der Waals surface area contributed by atoms with Crippen LogP contribution in [0.5, 0.6) is 5.75 Å². The fraction of sp³-hybridized carbons (Fsp3) is 0.294. The number of benzene rings is 2. The van der Waals surface area contributed by atoms with Gasteiger partial charge in [-0.3, -0.25) is 0 Å². The Morgan fingerprint density at radius 1 is 1.00 bits per heavy atom. The first-order valence-corrected chi connectivity index (χ1v) is 7.14. The van der Waals surface area contributed by atoms with E-state index in [4.69, 9.17) is 4.74 Å². The summed E-state index contributed by atoms with van der Waals surface area (Å²) in [5, 5.41) is 2.99. The van der Waals surface area contributed by atoms with E-state index in [2.05, 4.69) is 5.32 Å². The molecule has 0 aromatic heterocycles. The van der Waals surface area contributed by atoms with Gasteiger partial charge in [-0.1, -0.05) is 12.1 Å². The summed E-state index contributed by atoms with van der Waals surface area (Å²) in [6, 6.07) is 10.4. The molecule has 124 valence electrons. The first-order valence-electron chi connectivity index (χ1n) is 7.14. The summed E-state index contributed by atoms with van der Waals surface area (Å²) in [7, 11) is 1.79. The summed E-state index contributed by atoms with van der Waals surface area (Å²) >= 11 is 0. The minimum absolute atomic E-state index is 0.337. The van der Waals surface area contributed by atoms with Crippen LogP contribution in [0, 0.1) is 5.82 Å². The van der Waals surface area contributed by atoms with Gasteiger partial charge in [0.05, 0.1) is 5.56 Å². The molecule has 0 unspecified atom stereocenters. The first kappa shape index (κ1) is 17.3. The van der Waals surface area contributed by atoms with Gasteiger partial charge >= 0.3 is 6.18 Å². The van der Waals surface area contributed by atoms with Crippen LogP contribution in [0.25, 0.3) is 0 Å². The highest BCUT2D eigenvalue weighted by Crippen LogP contribution is 2.31. The number of rotatable bonds is 6. The molecule has 0 radical (unpaired) electrons. The Hall–Kier alpha value is -2.08. The Morgan fingerprint density at radius 2 is 1.61 bits per heavy atom. The molecule has 0 fully saturated rings. The molecule has 0 saturated carbocycles. The summed E-state index contributed by atoms with van der Waals surface area (Å²) in [6.07, 6.45) is -4.15. The molecule has 2 rings (SSSR count). The van der Waals surface area contributed by atoms with Crippen LogP contribution in [0.15, 0.2) is 48.5 Å². The first-order chi connectivity index (χ1) is 10.9. The number of nitrogens with one attached hydrogen (secondary N) is 1. The van der Waals surface area contributed by atoms with Crippen molar-refractivity contribution in [3.63, 3.8) is 0 Å². The molecule has 0 aliphatic rings.